The van der Waals surface area contributed by atoms with Gasteiger partial charge in [-0.15, -0.1) is 0 Å². The molecule has 0 radical (unpaired) electrons. The second-order valence-electron chi connectivity index (χ2n) is 8.63. The van der Waals surface area contributed by atoms with Gasteiger partial charge in [-0.3, -0.25) is 9.59 Å². The smallest absolute Gasteiger partial charge is 0.256 e. The second-order valence-corrected chi connectivity index (χ2v) is 10.6. The minimum atomic E-state index is -3.56. The zero-order valence-electron chi connectivity index (χ0n) is 19.2. The number of carbonyl (C=O) groups is 2. The topological polar surface area (TPSA) is 86.8 Å². The van der Waals surface area contributed by atoms with Gasteiger partial charge in [-0.1, -0.05) is 45.2 Å². The Balaban J connectivity index is 1.52. The molecule has 7 nitrogen and oxygen atoms in total. The maximum absolute atomic E-state index is 13.2. The third-order valence-corrected chi connectivity index (χ3v) is 8.75. The molecule has 2 aliphatic rings. The quantitative estimate of drug-likeness (QED) is 0.657. The van der Waals surface area contributed by atoms with Crippen LogP contribution in [0, 0.1) is 0 Å². The summed E-state index contributed by atoms with van der Waals surface area (Å²) in [6, 6.07) is 11.8. The average Bonchev–Trinajstić information content (AvgIpc) is 3.17. The molecule has 4 rings (SSSR count). The van der Waals surface area contributed by atoms with Crippen LogP contribution in [0.5, 0.6) is 0 Å². The molecule has 1 N–H and O–H groups in total. The molecular weight excluding hydrogens is 438 g/mol. The van der Waals surface area contributed by atoms with E-state index < -0.39 is 10.0 Å². The van der Waals surface area contributed by atoms with E-state index in [4.69, 9.17) is 0 Å². The number of benzene rings is 2. The fourth-order valence-electron chi connectivity index (χ4n) is 4.88. The molecule has 8 heteroatoms. The van der Waals surface area contributed by atoms with Crippen molar-refractivity contribution < 1.29 is 18.0 Å². The van der Waals surface area contributed by atoms with Crippen molar-refractivity contribution in [2.24, 2.45) is 0 Å². The number of fused-ring (bicyclic) bond motifs is 1. The molecule has 176 valence electrons. The van der Waals surface area contributed by atoms with Crippen LogP contribution < -0.4 is 5.32 Å². The molecule has 0 aromatic heterocycles. The molecule has 2 amide bonds. The standard InChI is InChI=1S/C25H31N3O4S/c1-3-27(4-2)33(31,32)21-15-13-19(14-16-21)26-24(29)22-12-8-9-18-17-28(25(30)23(18)22)20-10-6-5-7-11-20/h8-9,12-16,20H,3-7,10-11,17H2,1-2H3,(H,26,29). The van der Waals surface area contributed by atoms with Crippen LogP contribution in [0.3, 0.4) is 0 Å². The molecule has 0 saturated heterocycles. The largest absolute Gasteiger partial charge is 0.331 e. The first-order valence-corrected chi connectivity index (χ1v) is 13.1. The number of carbonyl (C=O) groups excluding carboxylic acids is 2. The van der Waals surface area contributed by atoms with Crippen LogP contribution in [-0.4, -0.2) is 48.6 Å². The highest BCUT2D eigenvalue weighted by Gasteiger charge is 2.36. The van der Waals surface area contributed by atoms with Crippen LogP contribution in [0.4, 0.5) is 5.69 Å². The van der Waals surface area contributed by atoms with E-state index in [1.165, 1.54) is 22.9 Å². The van der Waals surface area contributed by atoms with E-state index in [0.29, 0.717) is 36.4 Å². The summed E-state index contributed by atoms with van der Waals surface area (Å²) >= 11 is 0. The van der Waals surface area contributed by atoms with Crippen LogP contribution in [0.2, 0.25) is 0 Å². The maximum Gasteiger partial charge on any atom is 0.256 e. The predicted octanol–water partition coefficient (Wildman–Crippen LogP) is 4.26. The third kappa shape index (κ3) is 4.54. The highest BCUT2D eigenvalue weighted by molar-refractivity contribution is 7.89. The highest BCUT2D eigenvalue weighted by Crippen LogP contribution is 2.33. The first-order chi connectivity index (χ1) is 15.9. The van der Waals surface area contributed by atoms with Crippen molar-refractivity contribution in [3.63, 3.8) is 0 Å². The average molecular weight is 470 g/mol. The van der Waals surface area contributed by atoms with Gasteiger partial charge in [0.05, 0.1) is 16.0 Å². The summed E-state index contributed by atoms with van der Waals surface area (Å²) in [5.41, 5.74) is 2.21. The number of amides is 2. The van der Waals surface area contributed by atoms with Crippen LogP contribution in [-0.2, 0) is 16.6 Å². The van der Waals surface area contributed by atoms with E-state index in [0.717, 1.165) is 31.2 Å². The molecule has 1 saturated carbocycles. The van der Waals surface area contributed by atoms with Crippen LogP contribution in [0.15, 0.2) is 47.4 Å². The van der Waals surface area contributed by atoms with E-state index in [2.05, 4.69) is 5.32 Å². The first-order valence-electron chi connectivity index (χ1n) is 11.7. The zero-order valence-corrected chi connectivity index (χ0v) is 20.0. The van der Waals surface area contributed by atoms with Gasteiger partial charge in [0.25, 0.3) is 11.8 Å². The molecule has 2 aromatic rings. The van der Waals surface area contributed by atoms with Gasteiger partial charge in [-0.25, -0.2) is 8.42 Å². The van der Waals surface area contributed by atoms with Crippen molar-refractivity contribution in [1.82, 2.24) is 9.21 Å². The van der Waals surface area contributed by atoms with Gasteiger partial charge in [0.2, 0.25) is 10.0 Å². The summed E-state index contributed by atoms with van der Waals surface area (Å²) in [4.78, 5) is 28.4. The van der Waals surface area contributed by atoms with Crippen molar-refractivity contribution >= 4 is 27.5 Å². The molecule has 1 aliphatic heterocycles. The normalized spacial score (nSPS) is 16.8. The van der Waals surface area contributed by atoms with E-state index in [-0.39, 0.29) is 22.8 Å². The summed E-state index contributed by atoms with van der Waals surface area (Å²) < 4.78 is 26.7. The molecular formula is C25H31N3O4S. The third-order valence-electron chi connectivity index (χ3n) is 6.68. The lowest BCUT2D eigenvalue weighted by Gasteiger charge is -2.30. The van der Waals surface area contributed by atoms with Crippen molar-refractivity contribution in [2.75, 3.05) is 18.4 Å². The lowest BCUT2D eigenvalue weighted by molar-refractivity contribution is 0.0657. The van der Waals surface area contributed by atoms with E-state index in [1.807, 2.05) is 17.0 Å². The molecule has 0 bridgehead atoms. The van der Waals surface area contributed by atoms with Crippen molar-refractivity contribution in [2.45, 2.75) is 63.4 Å². The minimum Gasteiger partial charge on any atom is -0.331 e. The lowest BCUT2D eigenvalue weighted by atomic mass is 9.94. The zero-order chi connectivity index (χ0) is 23.6. The van der Waals surface area contributed by atoms with Crippen molar-refractivity contribution in [1.29, 1.82) is 0 Å². The predicted molar refractivity (Wildman–Crippen MR) is 128 cm³/mol. The Labute approximate surface area is 195 Å². The summed E-state index contributed by atoms with van der Waals surface area (Å²) in [7, 11) is -3.56. The fourth-order valence-corrected chi connectivity index (χ4v) is 6.34. The van der Waals surface area contributed by atoms with E-state index in [1.54, 1.807) is 32.0 Å². The number of nitrogens with zero attached hydrogens (tertiary/aromatic N) is 2. The maximum atomic E-state index is 13.2. The van der Waals surface area contributed by atoms with Gasteiger partial charge in [0.15, 0.2) is 0 Å². The molecule has 2 aromatic carbocycles. The molecule has 33 heavy (non-hydrogen) atoms. The van der Waals surface area contributed by atoms with Gasteiger partial charge in [-0.05, 0) is 48.7 Å². The van der Waals surface area contributed by atoms with Gasteiger partial charge in [-0.2, -0.15) is 4.31 Å². The van der Waals surface area contributed by atoms with Gasteiger partial charge < -0.3 is 10.2 Å². The monoisotopic (exact) mass is 469 g/mol. The summed E-state index contributed by atoms with van der Waals surface area (Å²) in [5.74, 6) is -0.437. The number of hydrogen-bond acceptors (Lipinski definition) is 4. The van der Waals surface area contributed by atoms with Gasteiger partial charge >= 0.3 is 0 Å². The molecule has 0 unspecified atom stereocenters. The van der Waals surface area contributed by atoms with Crippen molar-refractivity contribution in [3.8, 4) is 0 Å². The van der Waals surface area contributed by atoms with E-state index in [9.17, 15) is 18.0 Å². The Morgan fingerprint density at radius 1 is 1.03 bits per heavy atom. The van der Waals surface area contributed by atoms with Crippen LogP contribution in [0.1, 0.15) is 72.2 Å². The number of nitrogens with one attached hydrogen (secondary N) is 1. The SMILES string of the molecule is CCN(CC)S(=O)(=O)c1ccc(NC(=O)c2cccc3c2C(=O)N(C2CCCCC2)C3)cc1. The van der Waals surface area contributed by atoms with Gasteiger partial charge in [0, 0.05) is 31.4 Å². The van der Waals surface area contributed by atoms with E-state index >= 15 is 0 Å². The Bertz CT molecular complexity index is 1130. The molecule has 1 heterocycles. The first kappa shape index (κ1) is 23.4. The Morgan fingerprint density at radius 3 is 2.33 bits per heavy atom. The number of sulfonamides is 1. The van der Waals surface area contributed by atoms with Gasteiger partial charge in [0.1, 0.15) is 0 Å². The summed E-state index contributed by atoms with van der Waals surface area (Å²) in [5, 5.41) is 2.82. The Hall–Kier alpha value is -2.71. The molecule has 0 atom stereocenters. The fraction of sp³-hybridized carbons (Fsp3) is 0.440. The number of anilines is 1. The Morgan fingerprint density at radius 2 is 1.70 bits per heavy atom. The molecule has 1 aliphatic carbocycles. The minimum absolute atomic E-state index is 0.0664. The Kier molecular flexibility index (Phi) is 6.86. The molecule has 0 spiro atoms. The second kappa shape index (κ2) is 9.65. The summed E-state index contributed by atoms with van der Waals surface area (Å²) in [6.45, 7) is 4.93. The summed E-state index contributed by atoms with van der Waals surface area (Å²) in [6.07, 6.45) is 5.53. The number of rotatable bonds is 7. The lowest BCUT2D eigenvalue weighted by Crippen LogP contribution is -2.37. The van der Waals surface area contributed by atoms with Crippen molar-refractivity contribution in [3.05, 3.63) is 59.2 Å². The molecule has 1 fully saturated rings. The number of hydrogen-bond donors (Lipinski definition) is 1. The van der Waals surface area contributed by atoms with Crippen LogP contribution in [0.25, 0.3) is 0 Å². The van der Waals surface area contributed by atoms with Crippen LogP contribution >= 0.6 is 0 Å². The highest BCUT2D eigenvalue weighted by atomic mass is 32.2.